The topological polar surface area (TPSA) is 91.4 Å². The number of benzene rings is 1. The van der Waals surface area contributed by atoms with Crippen molar-refractivity contribution in [3.05, 3.63) is 65.5 Å². The van der Waals surface area contributed by atoms with Crippen molar-refractivity contribution in [2.45, 2.75) is 6.54 Å². The molecule has 4 amide bonds. The van der Waals surface area contributed by atoms with E-state index in [9.17, 15) is 14.4 Å². The summed E-state index contributed by atoms with van der Waals surface area (Å²) in [7, 11) is 0. The summed E-state index contributed by atoms with van der Waals surface area (Å²) >= 11 is 0. The molecule has 1 aromatic carbocycles. The molecule has 1 aliphatic rings. The van der Waals surface area contributed by atoms with E-state index >= 15 is 0 Å². The van der Waals surface area contributed by atoms with E-state index in [1.165, 1.54) is 0 Å². The quantitative estimate of drug-likeness (QED) is 0.808. The van der Waals surface area contributed by atoms with Crippen LogP contribution in [0.1, 0.15) is 26.3 Å². The van der Waals surface area contributed by atoms with Crippen molar-refractivity contribution in [3.63, 3.8) is 0 Å². The summed E-state index contributed by atoms with van der Waals surface area (Å²) < 4.78 is 0. The van der Waals surface area contributed by atoms with Crippen LogP contribution in [0.2, 0.25) is 0 Å². The number of hydrogen-bond acceptors (Lipinski definition) is 4. The Hall–Kier alpha value is -3.22. The van der Waals surface area contributed by atoms with Crippen molar-refractivity contribution in [1.29, 1.82) is 0 Å². The first-order valence-corrected chi connectivity index (χ1v) is 7.52. The van der Waals surface area contributed by atoms with Gasteiger partial charge in [0.15, 0.2) is 0 Å². The molecule has 122 valence electrons. The van der Waals surface area contributed by atoms with Gasteiger partial charge in [-0.2, -0.15) is 0 Å². The van der Waals surface area contributed by atoms with Gasteiger partial charge in [0, 0.05) is 32.0 Å². The summed E-state index contributed by atoms with van der Waals surface area (Å²) in [5, 5.41) is 5.32. The Morgan fingerprint density at radius 3 is 2.33 bits per heavy atom. The van der Waals surface area contributed by atoms with Gasteiger partial charge < -0.3 is 10.6 Å². The first kappa shape index (κ1) is 15.7. The SMILES string of the molecule is O=C(NCCN1C(=O)c2ccccc2C1=O)NCc1cccnc1. The Balaban J connectivity index is 1.46. The van der Waals surface area contributed by atoms with Crippen molar-refractivity contribution >= 4 is 17.8 Å². The lowest BCUT2D eigenvalue weighted by atomic mass is 10.1. The van der Waals surface area contributed by atoms with Crippen molar-refractivity contribution in [2.24, 2.45) is 0 Å². The van der Waals surface area contributed by atoms with Crippen LogP contribution in [-0.2, 0) is 6.54 Å². The van der Waals surface area contributed by atoms with Crippen LogP contribution < -0.4 is 10.6 Å². The second kappa shape index (κ2) is 6.91. The van der Waals surface area contributed by atoms with Gasteiger partial charge >= 0.3 is 6.03 Å². The van der Waals surface area contributed by atoms with Gasteiger partial charge in [0.1, 0.15) is 0 Å². The smallest absolute Gasteiger partial charge is 0.315 e. The molecule has 7 heteroatoms. The molecule has 0 saturated heterocycles. The second-order valence-electron chi connectivity index (χ2n) is 5.28. The number of carbonyl (C=O) groups is 3. The molecule has 2 N–H and O–H groups in total. The molecule has 24 heavy (non-hydrogen) atoms. The second-order valence-corrected chi connectivity index (χ2v) is 5.28. The summed E-state index contributed by atoms with van der Waals surface area (Å²) in [4.78, 5) is 41.2. The van der Waals surface area contributed by atoms with Crippen molar-refractivity contribution in [3.8, 4) is 0 Å². The Kier molecular flexibility index (Phi) is 4.51. The number of hydrogen-bond donors (Lipinski definition) is 2. The molecule has 0 spiro atoms. The standard InChI is InChI=1S/C17H16N4O3/c22-15-13-5-1-2-6-14(13)16(23)21(15)9-8-19-17(24)20-11-12-4-3-7-18-10-12/h1-7,10H,8-9,11H2,(H2,19,20,24). The zero-order chi connectivity index (χ0) is 16.9. The Morgan fingerprint density at radius 2 is 1.71 bits per heavy atom. The Bertz CT molecular complexity index is 741. The van der Waals surface area contributed by atoms with Gasteiger partial charge in [0.25, 0.3) is 11.8 Å². The average molecular weight is 324 g/mol. The Labute approximate surface area is 138 Å². The van der Waals surface area contributed by atoms with Crippen molar-refractivity contribution < 1.29 is 14.4 Å². The molecule has 3 rings (SSSR count). The highest BCUT2D eigenvalue weighted by Crippen LogP contribution is 2.21. The van der Waals surface area contributed by atoms with E-state index in [1.807, 2.05) is 6.07 Å². The molecular weight excluding hydrogens is 308 g/mol. The van der Waals surface area contributed by atoms with Crippen LogP contribution in [0.4, 0.5) is 4.79 Å². The number of aromatic nitrogens is 1. The minimum absolute atomic E-state index is 0.132. The third-order valence-corrected chi connectivity index (χ3v) is 3.68. The predicted molar refractivity (Wildman–Crippen MR) is 86.3 cm³/mol. The van der Waals surface area contributed by atoms with Gasteiger partial charge in [-0.15, -0.1) is 0 Å². The number of urea groups is 1. The molecule has 0 saturated carbocycles. The maximum Gasteiger partial charge on any atom is 0.315 e. The molecule has 2 heterocycles. The highest BCUT2D eigenvalue weighted by Gasteiger charge is 2.34. The lowest BCUT2D eigenvalue weighted by Gasteiger charge is -2.14. The molecule has 0 atom stereocenters. The maximum atomic E-state index is 12.2. The van der Waals surface area contributed by atoms with E-state index < -0.39 is 0 Å². The number of amides is 4. The van der Waals surface area contributed by atoms with Crippen LogP contribution in [0.3, 0.4) is 0 Å². The molecule has 7 nitrogen and oxygen atoms in total. The number of rotatable bonds is 5. The normalized spacial score (nSPS) is 12.9. The van der Waals surface area contributed by atoms with E-state index in [2.05, 4.69) is 15.6 Å². The number of nitrogens with zero attached hydrogens (tertiary/aromatic N) is 2. The van der Waals surface area contributed by atoms with Crippen LogP contribution in [0.25, 0.3) is 0 Å². The number of fused-ring (bicyclic) bond motifs is 1. The fourth-order valence-corrected chi connectivity index (χ4v) is 2.47. The van der Waals surface area contributed by atoms with Crippen molar-refractivity contribution in [2.75, 3.05) is 13.1 Å². The summed E-state index contributed by atoms with van der Waals surface area (Å²) in [6.07, 6.45) is 3.32. The Morgan fingerprint density at radius 1 is 1.00 bits per heavy atom. The molecule has 0 unspecified atom stereocenters. The molecule has 1 aromatic heterocycles. The third kappa shape index (κ3) is 3.24. The molecular formula is C17H16N4O3. The molecule has 0 bridgehead atoms. The molecule has 0 fully saturated rings. The van der Waals surface area contributed by atoms with Crippen LogP contribution in [-0.4, -0.2) is 40.8 Å². The van der Waals surface area contributed by atoms with Crippen LogP contribution >= 0.6 is 0 Å². The fraction of sp³-hybridized carbons (Fsp3) is 0.176. The number of carbonyl (C=O) groups excluding carboxylic acids is 3. The first-order valence-electron chi connectivity index (χ1n) is 7.52. The summed E-state index contributed by atoms with van der Waals surface area (Å²) in [5.74, 6) is -0.652. The lowest BCUT2D eigenvalue weighted by Crippen LogP contribution is -2.41. The monoisotopic (exact) mass is 324 g/mol. The van der Waals surface area contributed by atoms with Crippen LogP contribution in [0.5, 0.6) is 0 Å². The minimum Gasteiger partial charge on any atom is -0.336 e. The molecule has 0 radical (unpaired) electrons. The van der Waals surface area contributed by atoms with E-state index in [1.54, 1.807) is 42.7 Å². The zero-order valence-corrected chi connectivity index (χ0v) is 12.9. The van der Waals surface area contributed by atoms with E-state index in [0.29, 0.717) is 17.7 Å². The highest BCUT2D eigenvalue weighted by atomic mass is 16.2. The van der Waals surface area contributed by atoms with Crippen molar-refractivity contribution in [1.82, 2.24) is 20.5 Å². The third-order valence-electron chi connectivity index (χ3n) is 3.68. The summed E-state index contributed by atoms with van der Waals surface area (Å²) in [5.41, 5.74) is 1.69. The lowest BCUT2D eigenvalue weighted by molar-refractivity contribution is 0.0656. The van der Waals surface area contributed by atoms with Gasteiger partial charge in [-0.25, -0.2) is 4.79 Å². The van der Waals surface area contributed by atoms with Gasteiger partial charge in [0.2, 0.25) is 0 Å². The zero-order valence-electron chi connectivity index (χ0n) is 12.9. The predicted octanol–water partition coefficient (Wildman–Crippen LogP) is 1.18. The van der Waals surface area contributed by atoms with Gasteiger partial charge in [-0.3, -0.25) is 19.5 Å². The van der Waals surface area contributed by atoms with Gasteiger partial charge in [-0.1, -0.05) is 18.2 Å². The summed E-state index contributed by atoms with van der Waals surface area (Å²) in [6, 6.07) is 9.97. The highest BCUT2D eigenvalue weighted by molar-refractivity contribution is 6.21. The van der Waals surface area contributed by atoms with Gasteiger partial charge in [-0.05, 0) is 23.8 Å². The van der Waals surface area contributed by atoms with E-state index in [0.717, 1.165) is 10.5 Å². The largest absolute Gasteiger partial charge is 0.336 e. The fourth-order valence-electron chi connectivity index (χ4n) is 2.47. The summed E-state index contributed by atoms with van der Waals surface area (Å²) in [6.45, 7) is 0.670. The van der Waals surface area contributed by atoms with E-state index in [-0.39, 0.29) is 30.9 Å². The molecule has 1 aliphatic heterocycles. The molecule has 0 aliphatic carbocycles. The van der Waals surface area contributed by atoms with E-state index in [4.69, 9.17) is 0 Å². The minimum atomic E-state index is -0.365. The number of nitrogens with one attached hydrogen (secondary N) is 2. The average Bonchev–Trinajstić information content (AvgIpc) is 2.86. The van der Waals surface area contributed by atoms with Crippen LogP contribution in [0.15, 0.2) is 48.8 Å². The maximum absolute atomic E-state index is 12.2. The first-order chi connectivity index (χ1) is 11.7. The van der Waals surface area contributed by atoms with Crippen LogP contribution in [0, 0.1) is 0 Å². The number of imide groups is 1. The van der Waals surface area contributed by atoms with Gasteiger partial charge in [0.05, 0.1) is 11.1 Å². The molecule has 2 aromatic rings. The number of pyridine rings is 1.